The molecule has 0 bridgehead atoms. The molecule has 1 aromatic carbocycles. The largest absolute Gasteiger partial charge is 0.508 e. The SMILES string of the molecule is C=C1OCc2c(cc3n(c2=O)Cc2c-3nc3ccc(O)cc3c2[Si](C)(C)O)[C@@]1(O)CC. The van der Waals surface area contributed by atoms with E-state index in [0.717, 1.165) is 10.8 Å². The van der Waals surface area contributed by atoms with Crippen LogP contribution in [0.5, 0.6) is 5.75 Å². The highest BCUT2D eigenvalue weighted by molar-refractivity contribution is 6.85. The van der Waals surface area contributed by atoms with Crippen molar-refractivity contribution in [1.29, 1.82) is 0 Å². The average Bonchev–Trinajstić information content (AvgIpc) is 3.07. The summed E-state index contributed by atoms with van der Waals surface area (Å²) in [6.07, 6.45) is 0.320. The molecule has 7 nitrogen and oxygen atoms in total. The van der Waals surface area contributed by atoms with Gasteiger partial charge in [0, 0.05) is 16.5 Å². The van der Waals surface area contributed by atoms with Crippen molar-refractivity contribution in [3.05, 3.63) is 63.6 Å². The molecule has 0 aliphatic carbocycles. The zero-order chi connectivity index (χ0) is 22.3. The van der Waals surface area contributed by atoms with Crippen LogP contribution in [0.4, 0.5) is 0 Å². The number of hydrogen-bond acceptors (Lipinski definition) is 6. The Morgan fingerprint density at radius 2 is 2.03 bits per heavy atom. The molecule has 0 spiro atoms. The Morgan fingerprint density at radius 3 is 2.71 bits per heavy atom. The minimum atomic E-state index is -2.87. The Morgan fingerprint density at radius 1 is 1.29 bits per heavy atom. The first-order chi connectivity index (χ1) is 14.6. The number of fused-ring (bicyclic) bond motifs is 5. The van der Waals surface area contributed by atoms with Crippen molar-refractivity contribution in [3.8, 4) is 17.1 Å². The third-order valence-corrected chi connectivity index (χ3v) is 8.24. The van der Waals surface area contributed by atoms with E-state index < -0.39 is 13.9 Å². The van der Waals surface area contributed by atoms with Crippen molar-refractivity contribution in [2.75, 3.05) is 0 Å². The number of aromatic nitrogens is 2. The Hall–Kier alpha value is -2.94. The van der Waals surface area contributed by atoms with Crippen LogP contribution in [0.2, 0.25) is 13.1 Å². The number of hydrogen-bond donors (Lipinski definition) is 3. The molecule has 8 heteroatoms. The first-order valence-electron chi connectivity index (χ1n) is 10.3. The van der Waals surface area contributed by atoms with Gasteiger partial charge in [0.1, 0.15) is 23.7 Å². The van der Waals surface area contributed by atoms with Crippen LogP contribution in [0.25, 0.3) is 22.3 Å². The van der Waals surface area contributed by atoms with Crippen LogP contribution < -0.4 is 10.7 Å². The number of pyridine rings is 2. The lowest BCUT2D eigenvalue weighted by atomic mass is 9.84. The van der Waals surface area contributed by atoms with Crippen LogP contribution in [-0.2, 0) is 23.5 Å². The third kappa shape index (κ3) is 2.65. The smallest absolute Gasteiger partial charge is 0.258 e. The molecule has 2 aliphatic heterocycles. The Balaban J connectivity index is 1.87. The van der Waals surface area contributed by atoms with Crippen LogP contribution >= 0.6 is 0 Å². The fourth-order valence-corrected chi connectivity index (χ4v) is 6.68. The molecule has 0 unspecified atom stereocenters. The fraction of sp³-hybridized carbons (Fsp3) is 0.304. The monoisotopic (exact) mass is 436 g/mol. The van der Waals surface area contributed by atoms with Crippen molar-refractivity contribution in [1.82, 2.24) is 9.55 Å². The number of phenols is 1. The van der Waals surface area contributed by atoms with Crippen LogP contribution in [0, 0.1) is 0 Å². The number of aromatic hydroxyl groups is 1. The Kier molecular flexibility index (Phi) is 4.05. The molecule has 0 saturated carbocycles. The first-order valence-corrected chi connectivity index (χ1v) is 13.2. The zero-order valence-electron chi connectivity index (χ0n) is 17.7. The van der Waals surface area contributed by atoms with Gasteiger partial charge in [-0.1, -0.05) is 13.5 Å². The minimum Gasteiger partial charge on any atom is -0.508 e. The lowest BCUT2D eigenvalue weighted by Gasteiger charge is -2.35. The van der Waals surface area contributed by atoms with E-state index in [4.69, 9.17) is 9.72 Å². The summed E-state index contributed by atoms with van der Waals surface area (Å²) in [6, 6.07) is 6.71. The standard InChI is InChI=1S/C23H24N2O5Si/c1-5-23(28)12(2)30-11-16-17(23)9-19-20-15(10-25(19)22(16)27)21(31(3,4)29)14-8-13(26)6-7-18(14)24-20/h6-9,26,28-29H,2,5,10-11H2,1,3-4H3/t23-/m1/s1. The first kappa shape index (κ1) is 20.0. The average molecular weight is 437 g/mol. The number of rotatable bonds is 2. The van der Waals surface area contributed by atoms with Crippen molar-refractivity contribution < 1.29 is 19.7 Å². The molecule has 31 heavy (non-hydrogen) atoms. The van der Waals surface area contributed by atoms with E-state index in [1.807, 2.05) is 26.1 Å². The molecule has 5 rings (SSSR count). The second kappa shape index (κ2) is 6.29. The van der Waals surface area contributed by atoms with E-state index in [1.54, 1.807) is 22.8 Å². The molecule has 0 radical (unpaired) electrons. The number of benzene rings is 1. The molecule has 160 valence electrons. The molecule has 3 N–H and O–H groups in total. The molecule has 0 fully saturated rings. The van der Waals surface area contributed by atoms with Gasteiger partial charge in [-0.25, -0.2) is 4.98 Å². The maximum absolute atomic E-state index is 13.4. The topological polar surface area (TPSA) is 105 Å². The number of ether oxygens (including phenoxy) is 1. The van der Waals surface area contributed by atoms with Gasteiger partial charge in [-0.3, -0.25) is 4.79 Å². The number of nitrogens with zero attached hydrogens (tertiary/aromatic N) is 2. The number of aliphatic hydroxyl groups is 1. The van der Waals surface area contributed by atoms with E-state index in [0.29, 0.717) is 39.8 Å². The lowest BCUT2D eigenvalue weighted by molar-refractivity contribution is -0.0172. The van der Waals surface area contributed by atoms with E-state index in [9.17, 15) is 19.8 Å². The van der Waals surface area contributed by atoms with Gasteiger partial charge in [-0.15, -0.1) is 0 Å². The van der Waals surface area contributed by atoms with Crippen molar-refractivity contribution in [2.24, 2.45) is 0 Å². The van der Waals surface area contributed by atoms with Gasteiger partial charge in [0.25, 0.3) is 5.56 Å². The van der Waals surface area contributed by atoms with E-state index in [1.165, 1.54) is 0 Å². The van der Waals surface area contributed by atoms with Gasteiger partial charge < -0.3 is 24.3 Å². The number of phenolic OH excluding ortho intramolecular Hbond substituents is 1. The van der Waals surface area contributed by atoms with Gasteiger partial charge in [-0.05, 0) is 49.0 Å². The van der Waals surface area contributed by atoms with E-state index in [-0.39, 0.29) is 30.2 Å². The highest BCUT2D eigenvalue weighted by atomic mass is 28.4. The highest BCUT2D eigenvalue weighted by Crippen LogP contribution is 2.41. The summed E-state index contributed by atoms with van der Waals surface area (Å²) in [5.41, 5.74) is 1.90. The second-order valence-corrected chi connectivity index (χ2v) is 12.4. The van der Waals surface area contributed by atoms with Crippen LogP contribution in [0.15, 0.2) is 41.4 Å². The van der Waals surface area contributed by atoms with Crippen LogP contribution in [0.3, 0.4) is 0 Å². The molecule has 1 atom stereocenters. The van der Waals surface area contributed by atoms with Crippen molar-refractivity contribution in [3.63, 3.8) is 0 Å². The fourth-order valence-electron chi connectivity index (χ4n) is 4.88. The quantitative estimate of drug-likeness (QED) is 0.416. The predicted molar refractivity (Wildman–Crippen MR) is 120 cm³/mol. The minimum absolute atomic E-state index is 0.0578. The van der Waals surface area contributed by atoms with Crippen molar-refractivity contribution >= 4 is 24.4 Å². The predicted octanol–water partition coefficient (Wildman–Crippen LogP) is 2.18. The van der Waals surface area contributed by atoms with E-state index in [2.05, 4.69) is 6.58 Å². The summed E-state index contributed by atoms with van der Waals surface area (Å²) in [5.74, 6) is 0.331. The van der Waals surface area contributed by atoms with Crippen LogP contribution in [-0.4, -0.2) is 32.9 Å². The van der Waals surface area contributed by atoms with Gasteiger partial charge >= 0.3 is 0 Å². The normalized spacial score (nSPS) is 19.7. The van der Waals surface area contributed by atoms with Crippen LogP contribution in [0.1, 0.15) is 30.0 Å². The molecule has 2 aromatic heterocycles. The molecule has 2 aliphatic rings. The molecular formula is C23H24N2O5Si. The van der Waals surface area contributed by atoms with Gasteiger partial charge in [0.2, 0.25) is 8.32 Å². The third-order valence-electron chi connectivity index (χ3n) is 6.45. The lowest BCUT2D eigenvalue weighted by Crippen LogP contribution is -2.44. The zero-order valence-corrected chi connectivity index (χ0v) is 18.7. The van der Waals surface area contributed by atoms with Crippen molar-refractivity contribution in [2.45, 2.75) is 45.2 Å². The molecule has 4 heterocycles. The highest BCUT2D eigenvalue weighted by Gasteiger charge is 2.42. The Labute approximate surface area is 180 Å². The molecule has 0 saturated heterocycles. The maximum Gasteiger partial charge on any atom is 0.258 e. The summed E-state index contributed by atoms with van der Waals surface area (Å²) in [4.78, 5) is 29.3. The molecule has 3 aromatic rings. The van der Waals surface area contributed by atoms with Gasteiger partial charge in [0.15, 0.2) is 0 Å². The van der Waals surface area contributed by atoms with Gasteiger partial charge in [0.05, 0.1) is 29.0 Å². The molecule has 0 amide bonds. The maximum atomic E-state index is 13.4. The van der Waals surface area contributed by atoms with Gasteiger partial charge in [-0.2, -0.15) is 0 Å². The summed E-state index contributed by atoms with van der Waals surface area (Å²) in [5, 5.41) is 22.7. The summed E-state index contributed by atoms with van der Waals surface area (Å²) in [6.45, 7) is 9.63. The second-order valence-electron chi connectivity index (χ2n) is 8.81. The summed E-state index contributed by atoms with van der Waals surface area (Å²) >= 11 is 0. The summed E-state index contributed by atoms with van der Waals surface area (Å²) in [7, 11) is -2.87. The van der Waals surface area contributed by atoms with E-state index >= 15 is 0 Å². The summed E-state index contributed by atoms with van der Waals surface area (Å²) < 4.78 is 7.18. The molecular weight excluding hydrogens is 412 g/mol. The Bertz CT molecular complexity index is 1360.